The van der Waals surface area contributed by atoms with Crippen molar-refractivity contribution in [2.24, 2.45) is 0 Å². The highest BCUT2D eigenvalue weighted by Crippen LogP contribution is 2.44. The van der Waals surface area contributed by atoms with E-state index in [-0.39, 0.29) is 23.3 Å². The van der Waals surface area contributed by atoms with E-state index < -0.39 is 10.5 Å². The molecule has 0 aromatic heterocycles. The van der Waals surface area contributed by atoms with Crippen LogP contribution in [0.3, 0.4) is 0 Å². The molecule has 1 aromatic carbocycles. The summed E-state index contributed by atoms with van der Waals surface area (Å²) in [6.07, 6.45) is 2.89. The minimum Gasteiger partial charge on any atom is -0.487 e. The zero-order valence-corrected chi connectivity index (χ0v) is 14.6. The minimum atomic E-state index is -0.504. The summed E-state index contributed by atoms with van der Waals surface area (Å²) < 4.78 is 5.95. The van der Waals surface area contributed by atoms with Crippen molar-refractivity contribution in [1.29, 1.82) is 0 Å². The molecule has 2 N–H and O–H groups in total. The Morgan fingerprint density at radius 3 is 2.75 bits per heavy atom. The van der Waals surface area contributed by atoms with E-state index in [1.807, 2.05) is 13.8 Å². The number of unbranched alkanes of at least 4 members (excludes halogenated alkanes) is 1. The molecule has 1 aromatic rings. The first-order valence-electron chi connectivity index (χ1n) is 8.26. The average molecular weight is 335 g/mol. The van der Waals surface area contributed by atoms with Gasteiger partial charge in [-0.15, -0.1) is 0 Å². The molecule has 1 amide bonds. The number of amides is 1. The highest BCUT2D eigenvalue weighted by Gasteiger charge is 2.35. The third-order valence-electron chi connectivity index (χ3n) is 4.01. The number of nitrogens with one attached hydrogen (secondary N) is 2. The Morgan fingerprint density at radius 1 is 1.46 bits per heavy atom. The molecule has 0 radical (unpaired) electrons. The molecule has 0 spiro atoms. The number of rotatable bonds is 6. The fraction of sp³-hybridized carbons (Fsp3) is 0.588. The lowest BCUT2D eigenvalue weighted by Crippen LogP contribution is -2.39. The van der Waals surface area contributed by atoms with Crippen molar-refractivity contribution in [2.75, 3.05) is 11.9 Å². The number of nitro benzene ring substituents is 1. The predicted molar refractivity (Wildman–Crippen MR) is 92.4 cm³/mol. The average Bonchev–Trinajstić information content (AvgIpc) is 2.45. The molecule has 0 saturated carbocycles. The third kappa shape index (κ3) is 4.23. The van der Waals surface area contributed by atoms with Crippen LogP contribution in [0.15, 0.2) is 12.1 Å². The lowest BCUT2D eigenvalue weighted by atomic mass is 9.89. The molecule has 7 heteroatoms. The van der Waals surface area contributed by atoms with Gasteiger partial charge in [0.2, 0.25) is 5.91 Å². The molecule has 0 aliphatic carbocycles. The zero-order chi connectivity index (χ0) is 17.9. The molecule has 7 nitrogen and oxygen atoms in total. The number of hydrogen-bond donors (Lipinski definition) is 2. The molecule has 1 aliphatic rings. The van der Waals surface area contributed by atoms with Crippen LogP contribution >= 0.6 is 0 Å². The lowest BCUT2D eigenvalue weighted by Gasteiger charge is -2.38. The molecule has 132 valence electrons. The van der Waals surface area contributed by atoms with E-state index in [1.54, 1.807) is 6.07 Å². The van der Waals surface area contributed by atoms with Crippen LogP contribution in [0.1, 0.15) is 58.6 Å². The maximum Gasteiger partial charge on any atom is 0.296 e. The van der Waals surface area contributed by atoms with Gasteiger partial charge in [0.05, 0.1) is 11.0 Å². The summed E-state index contributed by atoms with van der Waals surface area (Å²) in [5.41, 5.74) is 0.478. The van der Waals surface area contributed by atoms with Gasteiger partial charge >= 0.3 is 0 Å². The Balaban J connectivity index is 2.45. The van der Waals surface area contributed by atoms with Gasteiger partial charge < -0.3 is 15.4 Å². The van der Waals surface area contributed by atoms with Gasteiger partial charge in [-0.1, -0.05) is 13.3 Å². The number of nitrogens with zero attached hydrogens (tertiary/aromatic N) is 1. The van der Waals surface area contributed by atoms with Crippen LogP contribution in [0.25, 0.3) is 0 Å². The number of fused-ring (bicyclic) bond motifs is 1. The smallest absolute Gasteiger partial charge is 0.296 e. The maximum atomic E-state index is 11.4. The van der Waals surface area contributed by atoms with E-state index in [2.05, 4.69) is 17.6 Å². The normalized spacial score (nSPS) is 18.4. The van der Waals surface area contributed by atoms with E-state index in [0.717, 1.165) is 31.4 Å². The van der Waals surface area contributed by atoms with Gasteiger partial charge in [-0.25, -0.2) is 0 Å². The van der Waals surface area contributed by atoms with Crippen molar-refractivity contribution in [1.82, 2.24) is 5.32 Å². The van der Waals surface area contributed by atoms with E-state index in [1.165, 1.54) is 13.0 Å². The number of carbonyl (C=O) groups excluding carboxylic acids is 1. The second-order valence-corrected chi connectivity index (χ2v) is 6.77. The Labute approximate surface area is 141 Å². The first-order chi connectivity index (χ1) is 11.2. The van der Waals surface area contributed by atoms with Crippen molar-refractivity contribution in [3.63, 3.8) is 0 Å². The molecule has 0 bridgehead atoms. The van der Waals surface area contributed by atoms with E-state index in [0.29, 0.717) is 5.75 Å². The molecular formula is C17H25N3O4. The maximum absolute atomic E-state index is 11.4. The van der Waals surface area contributed by atoms with Crippen molar-refractivity contribution in [2.45, 2.75) is 58.6 Å². The van der Waals surface area contributed by atoms with Gasteiger partial charge in [-0.2, -0.15) is 0 Å². The molecule has 0 saturated heterocycles. The van der Waals surface area contributed by atoms with Crippen molar-refractivity contribution >= 4 is 17.3 Å². The SMILES string of the molecule is CCCCNC1CC(C)(C)Oc2cc([N+](=O)[O-])c(NC(C)=O)cc21. The monoisotopic (exact) mass is 335 g/mol. The fourth-order valence-corrected chi connectivity index (χ4v) is 2.96. The Morgan fingerprint density at radius 2 is 2.17 bits per heavy atom. The number of carbonyl (C=O) groups is 1. The van der Waals surface area contributed by atoms with Crippen LogP contribution < -0.4 is 15.4 Å². The predicted octanol–water partition coefficient (Wildman–Crippen LogP) is 3.55. The van der Waals surface area contributed by atoms with Gasteiger partial charge in [0.15, 0.2) is 0 Å². The molecule has 1 atom stereocenters. The molecular weight excluding hydrogens is 310 g/mol. The van der Waals surface area contributed by atoms with Crippen molar-refractivity contribution in [3.05, 3.63) is 27.8 Å². The minimum absolute atomic E-state index is 0.0311. The Hall–Kier alpha value is -2.15. The van der Waals surface area contributed by atoms with Crippen LogP contribution in [-0.4, -0.2) is 23.0 Å². The summed E-state index contributed by atoms with van der Waals surface area (Å²) >= 11 is 0. The van der Waals surface area contributed by atoms with Gasteiger partial charge in [0.25, 0.3) is 5.69 Å². The highest BCUT2D eigenvalue weighted by atomic mass is 16.6. The van der Waals surface area contributed by atoms with E-state index in [9.17, 15) is 14.9 Å². The summed E-state index contributed by atoms with van der Waals surface area (Å²) in [6.45, 7) is 8.26. The van der Waals surface area contributed by atoms with E-state index >= 15 is 0 Å². The Kier molecular flexibility index (Phi) is 5.43. The summed E-state index contributed by atoms with van der Waals surface area (Å²) in [7, 11) is 0. The molecule has 1 aliphatic heterocycles. The van der Waals surface area contributed by atoms with Gasteiger partial charge in [-0.3, -0.25) is 14.9 Å². The van der Waals surface area contributed by atoms with E-state index in [4.69, 9.17) is 4.74 Å². The van der Waals surface area contributed by atoms with Crippen LogP contribution in [0.2, 0.25) is 0 Å². The summed E-state index contributed by atoms with van der Waals surface area (Å²) in [6, 6.07) is 3.10. The number of benzene rings is 1. The first kappa shape index (κ1) is 18.2. The summed E-state index contributed by atoms with van der Waals surface area (Å²) in [4.78, 5) is 22.2. The number of anilines is 1. The summed E-state index contributed by atoms with van der Waals surface area (Å²) in [5, 5.41) is 17.4. The molecule has 2 rings (SSSR count). The van der Waals surface area contributed by atoms with Gasteiger partial charge in [0.1, 0.15) is 17.0 Å². The number of nitro groups is 1. The topological polar surface area (TPSA) is 93.5 Å². The summed E-state index contributed by atoms with van der Waals surface area (Å²) in [5.74, 6) is 0.159. The molecule has 1 heterocycles. The molecule has 24 heavy (non-hydrogen) atoms. The van der Waals surface area contributed by atoms with Crippen LogP contribution in [0.4, 0.5) is 11.4 Å². The van der Waals surface area contributed by atoms with Crippen molar-refractivity contribution < 1.29 is 14.5 Å². The standard InChI is InChI=1S/C17H25N3O4/c1-5-6-7-18-14-10-17(3,4)24-16-9-15(20(22)23)13(8-12(14)16)19-11(2)21/h8-9,14,18H,5-7,10H2,1-4H3,(H,19,21). The van der Waals surface area contributed by atoms with Gasteiger partial charge in [-0.05, 0) is 32.9 Å². The number of hydrogen-bond acceptors (Lipinski definition) is 5. The van der Waals surface area contributed by atoms with Crippen molar-refractivity contribution in [3.8, 4) is 5.75 Å². The first-order valence-corrected chi connectivity index (χ1v) is 8.26. The largest absolute Gasteiger partial charge is 0.487 e. The quantitative estimate of drug-likeness (QED) is 0.471. The van der Waals surface area contributed by atoms with Gasteiger partial charge in [0, 0.05) is 24.9 Å². The fourth-order valence-electron chi connectivity index (χ4n) is 2.96. The molecule has 0 fully saturated rings. The Bertz CT molecular complexity index is 643. The lowest BCUT2D eigenvalue weighted by molar-refractivity contribution is -0.384. The third-order valence-corrected chi connectivity index (χ3v) is 4.01. The highest BCUT2D eigenvalue weighted by molar-refractivity contribution is 5.91. The van der Waals surface area contributed by atoms with Crippen LogP contribution in [-0.2, 0) is 4.79 Å². The number of ether oxygens (including phenoxy) is 1. The van der Waals surface area contributed by atoms with Crippen LogP contribution in [0, 0.1) is 10.1 Å². The second kappa shape index (κ2) is 7.17. The zero-order valence-electron chi connectivity index (χ0n) is 14.6. The van der Waals surface area contributed by atoms with Crippen LogP contribution in [0.5, 0.6) is 5.75 Å². The molecule has 1 unspecified atom stereocenters. The second-order valence-electron chi connectivity index (χ2n) is 6.77.